The molecule has 0 radical (unpaired) electrons. The molecule has 1 aromatic rings. The lowest BCUT2D eigenvalue weighted by Crippen LogP contribution is -2.35. The van der Waals surface area contributed by atoms with Crippen molar-refractivity contribution in [1.82, 2.24) is 20.0 Å². The Labute approximate surface area is 126 Å². The number of aryl methyl sites for hydroxylation is 2. The van der Waals surface area contributed by atoms with Gasteiger partial charge in [-0.05, 0) is 13.8 Å². The van der Waals surface area contributed by atoms with Gasteiger partial charge in [-0.3, -0.25) is 14.8 Å². The number of aromatic nitrogens is 2. The predicted molar refractivity (Wildman–Crippen MR) is 80.9 cm³/mol. The number of rotatable bonds is 5. The number of carbonyl (C=O) groups is 1. The van der Waals surface area contributed by atoms with Crippen LogP contribution in [0.4, 0.5) is 0 Å². The summed E-state index contributed by atoms with van der Waals surface area (Å²) in [7, 11) is 5.34. The normalized spacial score (nSPS) is 22.7. The average molecular weight is 294 g/mol. The molecule has 1 N–H and O–H groups in total. The Morgan fingerprint density at radius 1 is 1.43 bits per heavy atom. The van der Waals surface area contributed by atoms with Gasteiger partial charge in [0.1, 0.15) is 0 Å². The van der Waals surface area contributed by atoms with Gasteiger partial charge in [-0.25, -0.2) is 0 Å². The van der Waals surface area contributed by atoms with E-state index < -0.39 is 0 Å². The lowest BCUT2D eigenvalue weighted by Gasteiger charge is -2.20. The molecule has 0 aliphatic carbocycles. The van der Waals surface area contributed by atoms with Gasteiger partial charge in [-0.2, -0.15) is 5.10 Å². The van der Waals surface area contributed by atoms with Crippen LogP contribution in [-0.2, 0) is 16.1 Å². The summed E-state index contributed by atoms with van der Waals surface area (Å²) < 4.78 is 5.30. The summed E-state index contributed by atoms with van der Waals surface area (Å²) in [5.41, 5.74) is 3.39. The second kappa shape index (κ2) is 6.58. The van der Waals surface area contributed by atoms with Gasteiger partial charge in [0, 0.05) is 58.0 Å². The molecule has 2 rings (SSSR count). The molecule has 2 atom stereocenters. The van der Waals surface area contributed by atoms with E-state index in [0.29, 0.717) is 6.61 Å². The largest absolute Gasteiger partial charge is 0.384 e. The molecule has 0 bridgehead atoms. The zero-order valence-electron chi connectivity index (χ0n) is 13.6. The number of ether oxygens (including phenoxy) is 1. The van der Waals surface area contributed by atoms with Crippen molar-refractivity contribution in [3.8, 4) is 0 Å². The highest BCUT2D eigenvalue weighted by molar-refractivity contribution is 5.79. The molecule has 0 aromatic carbocycles. The van der Waals surface area contributed by atoms with Crippen LogP contribution >= 0.6 is 0 Å². The van der Waals surface area contributed by atoms with E-state index in [4.69, 9.17) is 4.74 Å². The highest BCUT2D eigenvalue weighted by Gasteiger charge is 2.38. The van der Waals surface area contributed by atoms with Crippen LogP contribution < -0.4 is 0 Å². The van der Waals surface area contributed by atoms with Crippen molar-refractivity contribution in [2.75, 3.05) is 40.9 Å². The fourth-order valence-electron chi connectivity index (χ4n) is 3.11. The van der Waals surface area contributed by atoms with Gasteiger partial charge in [0.15, 0.2) is 0 Å². The molecule has 1 amide bonds. The van der Waals surface area contributed by atoms with Crippen LogP contribution in [0.5, 0.6) is 0 Å². The fourth-order valence-corrected chi connectivity index (χ4v) is 3.11. The first-order valence-corrected chi connectivity index (χ1v) is 7.37. The van der Waals surface area contributed by atoms with Crippen LogP contribution in [0, 0.1) is 25.7 Å². The van der Waals surface area contributed by atoms with Gasteiger partial charge in [0.25, 0.3) is 0 Å². The number of carbonyl (C=O) groups excluding carboxylic acids is 1. The van der Waals surface area contributed by atoms with E-state index in [-0.39, 0.29) is 17.7 Å². The van der Waals surface area contributed by atoms with Crippen molar-refractivity contribution in [3.63, 3.8) is 0 Å². The highest BCUT2D eigenvalue weighted by atomic mass is 16.5. The molecular weight excluding hydrogens is 268 g/mol. The number of hydrogen-bond donors (Lipinski definition) is 1. The van der Waals surface area contributed by atoms with Crippen LogP contribution in [0.3, 0.4) is 0 Å². The Bertz CT molecular complexity index is 478. The molecule has 6 nitrogen and oxygen atoms in total. The van der Waals surface area contributed by atoms with E-state index in [2.05, 4.69) is 15.1 Å². The smallest absolute Gasteiger partial charge is 0.226 e. The Kier molecular flexibility index (Phi) is 5.00. The third-order valence-electron chi connectivity index (χ3n) is 4.32. The quantitative estimate of drug-likeness (QED) is 0.873. The minimum atomic E-state index is 0.0208. The lowest BCUT2D eigenvalue weighted by atomic mass is 9.96. The minimum absolute atomic E-state index is 0.0208. The van der Waals surface area contributed by atoms with Gasteiger partial charge in [-0.15, -0.1) is 0 Å². The van der Waals surface area contributed by atoms with Gasteiger partial charge >= 0.3 is 0 Å². The molecule has 1 aliphatic rings. The lowest BCUT2D eigenvalue weighted by molar-refractivity contribution is -0.134. The summed E-state index contributed by atoms with van der Waals surface area (Å²) in [6.45, 7) is 7.21. The standard InChI is InChI=1S/C15H26N4O2/c1-10-13(11(2)17-16-10)7-19-6-12(9-21-5)14(8-19)15(20)18(3)4/h12,14H,6-9H2,1-5H3,(H,16,17)/t12-,14+/m0/s1. The summed E-state index contributed by atoms with van der Waals surface area (Å²) in [6, 6.07) is 0. The maximum Gasteiger partial charge on any atom is 0.226 e. The van der Waals surface area contributed by atoms with Crippen molar-refractivity contribution in [2.24, 2.45) is 11.8 Å². The highest BCUT2D eigenvalue weighted by Crippen LogP contribution is 2.27. The van der Waals surface area contributed by atoms with E-state index in [9.17, 15) is 4.79 Å². The van der Waals surface area contributed by atoms with Crippen LogP contribution in [0.15, 0.2) is 0 Å². The third kappa shape index (κ3) is 3.44. The first-order valence-electron chi connectivity index (χ1n) is 7.37. The van der Waals surface area contributed by atoms with Crippen LogP contribution in [-0.4, -0.2) is 66.8 Å². The van der Waals surface area contributed by atoms with Crippen LogP contribution in [0.2, 0.25) is 0 Å². The molecule has 1 aliphatic heterocycles. The zero-order valence-corrected chi connectivity index (χ0v) is 13.6. The Balaban J connectivity index is 2.08. The molecule has 1 saturated heterocycles. The number of nitrogens with one attached hydrogen (secondary N) is 1. The molecule has 6 heteroatoms. The summed E-state index contributed by atoms with van der Waals surface area (Å²) in [4.78, 5) is 16.4. The minimum Gasteiger partial charge on any atom is -0.384 e. The number of likely N-dealkylation sites (tertiary alicyclic amines) is 1. The first kappa shape index (κ1) is 16.0. The number of amides is 1. The van der Waals surface area contributed by atoms with Crippen molar-refractivity contribution >= 4 is 5.91 Å². The van der Waals surface area contributed by atoms with E-state index in [0.717, 1.165) is 31.0 Å². The Hall–Kier alpha value is -1.40. The van der Waals surface area contributed by atoms with Gasteiger partial charge in [-0.1, -0.05) is 0 Å². The summed E-state index contributed by atoms with van der Waals surface area (Å²) in [5, 5.41) is 7.27. The maximum absolute atomic E-state index is 12.3. The second-order valence-corrected chi connectivity index (χ2v) is 6.16. The van der Waals surface area contributed by atoms with Crippen LogP contribution in [0.25, 0.3) is 0 Å². The molecule has 2 heterocycles. The SMILES string of the molecule is COC[C@@H]1CN(Cc2c(C)n[nH]c2C)C[C@H]1C(=O)N(C)C. The van der Waals surface area contributed by atoms with Crippen LogP contribution in [0.1, 0.15) is 17.0 Å². The molecule has 118 valence electrons. The van der Waals surface area contributed by atoms with E-state index in [1.54, 1.807) is 12.0 Å². The molecule has 21 heavy (non-hydrogen) atoms. The molecule has 0 spiro atoms. The second-order valence-electron chi connectivity index (χ2n) is 6.16. The van der Waals surface area contributed by atoms with Gasteiger partial charge in [0.2, 0.25) is 5.91 Å². The number of aromatic amines is 1. The monoisotopic (exact) mass is 294 g/mol. The molecule has 0 saturated carbocycles. The number of nitrogens with zero attached hydrogens (tertiary/aromatic N) is 3. The van der Waals surface area contributed by atoms with Crippen molar-refractivity contribution in [2.45, 2.75) is 20.4 Å². The summed E-state index contributed by atoms with van der Waals surface area (Å²) >= 11 is 0. The summed E-state index contributed by atoms with van der Waals surface area (Å²) in [6.07, 6.45) is 0. The Morgan fingerprint density at radius 2 is 2.14 bits per heavy atom. The Morgan fingerprint density at radius 3 is 2.67 bits per heavy atom. The van der Waals surface area contributed by atoms with E-state index in [1.807, 2.05) is 27.9 Å². The van der Waals surface area contributed by atoms with Crippen molar-refractivity contribution in [1.29, 1.82) is 0 Å². The predicted octanol–water partition coefficient (Wildman–Crippen LogP) is 0.809. The molecular formula is C15H26N4O2. The van der Waals surface area contributed by atoms with Crippen molar-refractivity contribution < 1.29 is 9.53 Å². The fraction of sp³-hybridized carbons (Fsp3) is 0.733. The topological polar surface area (TPSA) is 61.5 Å². The molecule has 0 unspecified atom stereocenters. The zero-order chi connectivity index (χ0) is 15.6. The van der Waals surface area contributed by atoms with Gasteiger partial charge < -0.3 is 9.64 Å². The average Bonchev–Trinajstić information content (AvgIpc) is 2.97. The number of H-pyrrole nitrogens is 1. The van der Waals surface area contributed by atoms with E-state index >= 15 is 0 Å². The first-order chi connectivity index (χ1) is 9.93. The molecule has 1 fully saturated rings. The number of methoxy groups -OCH3 is 1. The summed E-state index contributed by atoms with van der Waals surface area (Å²) in [5.74, 6) is 0.477. The van der Waals surface area contributed by atoms with Gasteiger partial charge in [0.05, 0.1) is 18.2 Å². The maximum atomic E-state index is 12.3. The third-order valence-corrected chi connectivity index (χ3v) is 4.32. The number of hydrogen-bond acceptors (Lipinski definition) is 4. The van der Waals surface area contributed by atoms with E-state index in [1.165, 1.54) is 5.56 Å². The molecule has 1 aromatic heterocycles. The van der Waals surface area contributed by atoms with Crippen molar-refractivity contribution in [3.05, 3.63) is 17.0 Å².